The molecule has 6 nitrogen and oxygen atoms in total. The summed E-state index contributed by atoms with van der Waals surface area (Å²) in [5.41, 5.74) is 4.49. The van der Waals surface area contributed by atoms with Gasteiger partial charge in [-0.25, -0.2) is 0 Å². The zero-order valence-electron chi connectivity index (χ0n) is 20.6. The van der Waals surface area contributed by atoms with Crippen molar-refractivity contribution >= 4 is 34.1 Å². The molecule has 4 aromatic rings. The van der Waals surface area contributed by atoms with E-state index in [0.717, 1.165) is 34.9 Å². The fourth-order valence-corrected chi connectivity index (χ4v) is 5.52. The summed E-state index contributed by atoms with van der Waals surface area (Å²) >= 11 is 6.41. The number of benzene rings is 2. The molecule has 1 unspecified atom stereocenters. The number of piperazine rings is 1. The van der Waals surface area contributed by atoms with E-state index in [4.69, 9.17) is 18.2 Å². The molecule has 1 aliphatic heterocycles. The number of halogens is 1. The Hall–Kier alpha value is -3.66. The van der Waals surface area contributed by atoms with Crippen LogP contribution in [0.3, 0.4) is 0 Å². The van der Waals surface area contributed by atoms with E-state index in [0.29, 0.717) is 11.3 Å². The first kappa shape index (κ1) is 24.1. The highest BCUT2D eigenvalue weighted by atomic mass is 35.5. The molecule has 3 heterocycles. The third kappa shape index (κ3) is 4.37. The standard InChI is InChI=1S/C29H28ClN5O/c1-19-18-35(29(21-9-6-5-7-10-21)22-11-8-12-23(30)15-22)20(2)17-34(19)25-16-27(36)33(4)24-13-14-26(31-3)32-28(24)25/h5-16,19-20,29H,17-18H2,1-2,4H3/t19-,20+,29?/m0/s1. The lowest BCUT2D eigenvalue weighted by atomic mass is 9.93. The fourth-order valence-electron chi connectivity index (χ4n) is 5.32. The molecule has 2 aromatic heterocycles. The Bertz CT molecular complexity index is 1510. The number of pyridine rings is 2. The number of hydrogen-bond donors (Lipinski definition) is 0. The van der Waals surface area contributed by atoms with Crippen LogP contribution < -0.4 is 10.5 Å². The summed E-state index contributed by atoms with van der Waals surface area (Å²) in [6, 6.07) is 24.1. The second-order valence-electron chi connectivity index (χ2n) is 9.49. The van der Waals surface area contributed by atoms with E-state index < -0.39 is 0 Å². The SMILES string of the molecule is [C-]#[N+]c1ccc2c(n1)c(N1C[C@@H](C)N(C(c3ccccc3)c3cccc(Cl)c3)C[C@@H]1C)cc(=O)n2C. The summed E-state index contributed by atoms with van der Waals surface area (Å²) in [6.45, 7) is 13.3. The Balaban J connectivity index is 1.56. The van der Waals surface area contributed by atoms with Crippen molar-refractivity contribution < 1.29 is 0 Å². The van der Waals surface area contributed by atoms with Crippen molar-refractivity contribution in [1.29, 1.82) is 0 Å². The summed E-state index contributed by atoms with van der Waals surface area (Å²) in [7, 11) is 1.74. The number of nitrogens with zero attached hydrogens (tertiary/aromatic N) is 5. The fraction of sp³-hybridized carbons (Fsp3) is 0.276. The molecule has 1 aliphatic rings. The normalized spacial score (nSPS) is 19.2. The molecule has 3 atom stereocenters. The molecular formula is C29H28ClN5O. The van der Waals surface area contributed by atoms with Crippen molar-refractivity contribution in [2.45, 2.75) is 32.0 Å². The summed E-state index contributed by atoms with van der Waals surface area (Å²) < 4.78 is 1.59. The second kappa shape index (κ2) is 9.77. The Morgan fingerprint density at radius 1 is 0.972 bits per heavy atom. The molecule has 1 saturated heterocycles. The number of anilines is 1. The van der Waals surface area contributed by atoms with Gasteiger partial charge in [-0.15, -0.1) is 4.98 Å². The van der Waals surface area contributed by atoms with Gasteiger partial charge in [0.25, 0.3) is 11.4 Å². The van der Waals surface area contributed by atoms with E-state index in [2.05, 4.69) is 63.8 Å². The minimum atomic E-state index is -0.0850. The first-order valence-corrected chi connectivity index (χ1v) is 12.5. The molecule has 0 N–H and O–H groups in total. The lowest BCUT2D eigenvalue weighted by molar-refractivity contribution is 0.130. The van der Waals surface area contributed by atoms with Crippen LogP contribution >= 0.6 is 11.6 Å². The Morgan fingerprint density at radius 3 is 2.44 bits per heavy atom. The molecule has 0 amide bonds. The van der Waals surface area contributed by atoms with Gasteiger partial charge in [-0.1, -0.05) is 60.6 Å². The van der Waals surface area contributed by atoms with Crippen LogP contribution in [0.25, 0.3) is 15.9 Å². The minimum Gasteiger partial charge on any atom is -0.362 e. The van der Waals surface area contributed by atoms with E-state index in [-0.39, 0.29) is 23.7 Å². The summed E-state index contributed by atoms with van der Waals surface area (Å²) in [5, 5.41) is 0.723. The third-order valence-electron chi connectivity index (χ3n) is 7.12. The van der Waals surface area contributed by atoms with E-state index in [9.17, 15) is 4.79 Å². The lowest BCUT2D eigenvalue weighted by Crippen LogP contribution is -2.57. The van der Waals surface area contributed by atoms with E-state index in [1.807, 2.05) is 30.3 Å². The van der Waals surface area contributed by atoms with Gasteiger partial charge in [0.05, 0.1) is 17.2 Å². The van der Waals surface area contributed by atoms with Crippen molar-refractivity contribution in [3.8, 4) is 0 Å². The predicted octanol–water partition coefficient (Wildman–Crippen LogP) is 5.83. The smallest absolute Gasteiger partial charge is 0.270 e. The molecular weight excluding hydrogens is 470 g/mol. The van der Waals surface area contributed by atoms with Crippen LogP contribution in [0.2, 0.25) is 5.02 Å². The predicted molar refractivity (Wildman–Crippen MR) is 146 cm³/mol. The summed E-state index contributed by atoms with van der Waals surface area (Å²) in [6.07, 6.45) is 0. The van der Waals surface area contributed by atoms with Crippen molar-refractivity contribution in [1.82, 2.24) is 14.5 Å². The van der Waals surface area contributed by atoms with Gasteiger partial charge < -0.3 is 14.3 Å². The third-order valence-corrected chi connectivity index (χ3v) is 7.36. The largest absolute Gasteiger partial charge is 0.362 e. The van der Waals surface area contributed by atoms with Crippen LogP contribution in [0, 0.1) is 6.57 Å². The van der Waals surface area contributed by atoms with Gasteiger partial charge in [-0.3, -0.25) is 9.69 Å². The summed E-state index contributed by atoms with van der Waals surface area (Å²) in [5.74, 6) is 0.326. The van der Waals surface area contributed by atoms with Gasteiger partial charge in [0.15, 0.2) is 0 Å². The van der Waals surface area contributed by atoms with Crippen LogP contribution in [-0.4, -0.2) is 39.6 Å². The van der Waals surface area contributed by atoms with E-state index in [1.165, 1.54) is 5.56 Å². The van der Waals surface area contributed by atoms with Gasteiger partial charge in [0.2, 0.25) is 5.52 Å². The van der Waals surface area contributed by atoms with Gasteiger partial charge in [0, 0.05) is 43.3 Å². The second-order valence-corrected chi connectivity index (χ2v) is 9.93. The topological polar surface area (TPSA) is 45.7 Å². The number of aromatic nitrogens is 2. The van der Waals surface area contributed by atoms with Gasteiger partial charge in [-0.05, 0) is 49.2 Å². The Labute approximate surface area is 216 Å². The van der Waals surface area contributed by atoms with Gasteiger partial charge in [0.1, 0.15) is 0 Å². The van der Waals surface area contributed by atoms with Crippen LogP contribution in [0.5, 0.6) is 0 Å². The highest BCUT2D eigenvalue weighted by Crippen LogP contribution is 2.36. The van der Waals surface area contributed by atoms with Gasteiger partial charge >= 0.3 is 0 Å². The molecule has 0 spiro atoms. The maximum absolute atomic E-state index is 12.8. The quantitative estimate of drug-likeness (QED) is 0.333. The van der Waals surface area contributed by atoms with Gasteiger partial charge in [-0.2, -0.15) is 0 Å². The average molecular weight is 498 g/mol. The zero-order chi connectivity index (χ0) is 25.4. The van der Waals surface area contributed by atoms with Crippen molar-refractivity contribution in [3.63, 3.8) is 0 Å². The number of rotatable bonds is 4. The maximum atomic E-state index is 12.8. The molecule has 0 radical (unpaired) electrons. The van der Waals surface area contributed by atoms with Crippen LogP contribution in [0.4, 0.5) is 11.5 Å². The molecule has 5 rings (SSSR count). The minimum absolute atomic E-state index is 0.0525. The van der Waals surface area contributed by atoms with E-state index >= 15 is 0 Å². The lowest BCUT2D eigenvalue weighted by Gasteiger charge is -2.48. The first-order chi connectivity index (χ1) is 17.4. The van der Waals surface area contributed by atoms with Crippen LogP contribution in [0.15, 0.2) is 77.6 Å². The van der Waals surface area contributed by atoms with Crippen molar-refractivity contribution in [2.75, 3.05) is 18.0 Å². The Morgan fingerprint density at radius 2 is 1.72 bits per heavy atom. The average Bonchev–Trinajstić information content (AvgIpc) is 2.88. The van der Waals surface area contributed by atoms with Crippen LogP contribution in [-0.2, 0) is 7.05 Å². The molecule has 1 fully saturated rings. The zero-order valence-corrected chi connectivity index (χ0v) is 21.4. The molecule has 7 heteroatoms. The molecule has 36 heavy (non-hydrogen) atoms. The molecule has 182 valence electrons. The van der Waals surface area contributed by atoms with E-state index in [1.54, 1.807) is 23.7 Å². The molecule has 0 saturated carbocycles. The maximum Gasteiger partial charge on any atom is 0.270 e. The number of fused-ring (bicyclic) bond motifs is 1. The summed E-state index contributed by atoms with van der Waals surface area (Å²) in [4.78, 5) is 25.7. The van der Waals surface area contributed by atoms with Crippen molar-refractivity contribution in [2.24, 2.45) is 7.05 Å². The number of aryl methyl sites for hydroxylation is 1. The monoisotopic (exact) mass is 497 g/mol. The molecule has 2 aromatic carbocycles. The number of hydrogen-bond acceptors (Lipinski definition) is 4. The Kier molecular flexibility index (Phi) is 6.53. The highest BCUT2D eigenvalue weighted by molar-refractivity contribution is 6.30. The van der Waals surface area contributed by atoms with Crippen molar-refractivity contribution in [3.05, 3.63) is 111 Å². The first-order valence-electron chi connectivity index (χ1n) is 12.1. The molecule has 0 aliphatic carbocycles. The molecule has 0 bridgehead atoms. The van der Waals surface area contributed by atoms with Crippen LogP contribution in [0.1, 0.15) is 31.0 Å². The highest BCUT2D eigenvalue weighted by Gasteiger charge is 2.36.